The number of aryl methyl sites for hydroxylation is 1. The van der Waals surface area contributed by atoms with E-state index in [1.54, 1.807) is 30.2 Å². The van der Waals surface area contributed by atoms with E-state index in [0.29, 0.717) is 18.7 Å². The Labute approximate surface area is 131 Å². The summed E-state index contributed by atoms with van der Waals surface area (Å²) in [6.45, 7) is 6.90. The van der Waals surface area contributed by atoms with E-state index in [1.165, 1.54) is 4.57 Å². The summed E-state index contributed by atoms with van der Waals surface area (Å²) in [4.78, 5) is 28.3. The molecule has 0 radical (unpaired) electrons. The second kappa shape index (κ2) is 7.56. The summed E-state index contributed by atoms with van der Waals surface area (Å²) in [6, 6.07) is 3.72. The number of carbonyl (C=O) groups excluding carboxylic acids is 1. The third kappa shape index (κ3) is 3.75. The molecule has 0 aliphatic carbocycles. The van der Waals surface area contributed by atoms with Crippen molar-refractivity contribution >= 4 is 5.91 Å². The number of piperazine rings is 1. The van der Waals surface area contributed by atoms with Crippen LogP contribution in [0.3, 0.4) is 0 Å². The molecule has 1 aromatic heterocycles. The topological polar surface area (TPSA) is 65.8 Å². The molecule has 1 unspecified atom stereocenters. The molecule has 1 fully saturated rings. The number of nitrogens with zero attached hydrogens (tertiary/aromatic N) is 3. The highest BCUT2D eigenvalue weighted by Crippen LogP contribution is 2.09. The maximum Gasteiger partial charge on any atom is 0.253 e. The van der Waals surface area contributed by atoms with Crippen LogP contribution in [0.15, 0.2) is 23.1 Å². The molecule has 6 heteroatoms. The van der Waals surface area contributed by atoms with Crippen LogP contribution in [0.5, 0.6) is 0 Å². The van der Waals surface area contributed by atoms with Gasteiger partial charge in [-0.3, -0.25) is 14.5 Å². The lowest BCUT2D eigenvalue weighted by Gasteiger charge is -2.38. The predicted octanol–water partition coefficient (Wildman–Crippen LogP) is 0.0718. The van der Waals surface area contributed by atoms with Crippen LogP contribution in [0.2, 0.25) is 0 Å². The van der Waals surface area contributed by atoms with Crippen LogP contribution in [0.4, 0.5) is 0 Å². The quantitative estimate of drug-likeness (QED) is 0.836. The molecule has 2 heterocycles. The second-order valence-corrected chi connectivity index (χ2v) is 5.79. The van der Waals surface area contributed by atoms with E-state index < -0.39 is 0 Å². The minimum Gasteiger partial charge on any atom is -0.395 e. The molecule has 1 aliphatic rings. The predicted molar refractivity (Wildman–Crippen MR) is 84.8 cm³/mol. The molecule has 0 bridgehead atoms. The number of carbonyl (C=O) groups is 1. The van der Waals surface area contributed by atoms with E-state index in [4.69, 9.17) is 0 Å². The molecule has 0 spiro atoms. The molecule has 1 aromatic rings. The van der Waals surface area contributed by atoms with Gasteiger partial charge in [0.2, 0.25) is 5.91 Å². The van der Waals surface area contributed by atoms with Gasteiger partial charge < -0.3 is 14.6 Å². The summed E-state index contributed by atoms with van der Waals surface area (Å²) in [5.74, 6) is -0.0237. The number of aliphatic hydroxyl groups is 1. The van der Waals surface area contributed by atoms with Gasteiger partial charge in [0, 0.05) is 44.0 Å². The largest absolute Gasteiger partial charge is 0.395 e. The van der Waals surface area contributed by atoms with Crippen molar-refractivity contribution in [1.29, 1.82) is 0 Å². The highest BCUT2D eigenvalue weighted by atomic mass is 16.3. The molecular weight excluding hydrogens is 282 g/mol. The number of pyridine rings is 1. The van der Waals surface area contributed by atoms with Crippen molar-refractivity contribution in [3.8, 4) is 0 Å². The fourth-order valence-electron chi connectivity index (χ4n) is 2.87. The zero-order valence-electron chi connectivity index (χ0n) is 13.4. The normalized spacial score (nSPS) is 17.5. The Morgan fingerprint density at radius 2 is 2.00 bits per heavy atom. The van der Waals surface area contributed by atoms with Crippen LogP contribution < -0.4 is 5.56 Å². The van der Waals surface area contributed by atoms with Gasteiger partial charge in [0.05, 0.1) is 6.61 Å². The zero-order valence-corrected chi connectivity index (χ0v) is 13.4. The third-order valence-electron chi connectivity index (χ3n) is 4.38. The Kier molecular flexibility index (Phi) is 5.74. The first kappa shape index (κ1) is 16.7. The number of rotatable bonds is 5. The Bertz CT molecular complexity index is 558. The second-order valence-electron chi connectivity index (χ2n) is 5.79. The van der Waals surface area contributed by atoms with Gasteiger partial charge in [0.1, 0.15) is 6.54 Å². The SMILES string of the molecule is CCC(CO)N1CCN(C(=O)Cn2cccc(C)c2=O)CC1. The van der Waals surface area contributed by atoms with Gasteiger partial charge in [0.25, 0.3) is 5.56 Å². The van der Waals surface area contributed by atoms with E-state index in [0.717, 1.165) is 19.5 Å². The van der Waals surface area contributed by atoms with E-state index in [1.807, 2.05) is 0 Å². The van der Waals surface area contributed by atoms with Gasteiger partial charge in [-0.1, -0.05) is 13.0 Å². The summed E-state index contributed by atoms with van der Waals surface area (Å²) in [7, 11) is 0. The number of aliphatic hydroxyl groups excluding tert-OH is 1. The Morgan fingerprint density at radius 1 is 1.32 bits per heavy atom. The van der Waals surface area contributed by atoms with Crippen LogP contribution in [-0.2, 0) is 11.3 Å². The van der Waals surface area contributed by atoms with Crippen LogP contribution in [0, 0.1) is 6.92 Å². The molecule has 1 aliphatic heterocycles. The Hall–Kier alpha value is -1.66. The lowest BCUT2D eigenvalue weighted by molar-refractivity contribution is -0.134. The van der Waals surface area contributed by atoms with E-state index >= 15 is 0 Å². The highest BCUT2D eigenvalue weighted by molar-refractivity contribution is 5.76. The monoisotopic (exact) mass is 307 g/mol. The maximum absolute atomic E-state index is 12.3. The van der Waals surface area contributed by atoms with Crippen molar-refractivity contribution < 1.29 is 9.90 Å². The van der Waals surface area contributed by atoms with E-state index in [9.17, 15) is 14.7 Å². The summed E-state index contributed by atoms with van der Waals surface area (Å²) in [6.07, 6.45) is 2.56. The molecule has 1 amide bonds. The maximum atomic E-state index is 12.3. The lowest BCUT2D eigenvalue weighted by Crippen LogP contribution is -2.53. The number of amides is 1. The molecule has 1 saturated heterocycles. The highest BCUT2D eigenvalue weighted by Gasteiger charge is 2.25. The summed E-state index contributed by atoms with van der Waals surface area (Å²) < 4.78 is 1.46. The first-order valence-corrected chi connectivity index (χ1v) is 7.85. The first-order chi connectivity index (χ1) is 10.6. The molecule has 2 rings (SSSR count). The van der Waals surface area contributed by atoms with Crippen molar-refractivity contribution in [2.75, 3.05) is 32.8 Å². The average Bonchev–Trinajstić information content (AvgIpc) is 2.53. The molecule has 6 nitrogen and oxygen atoms in total. The molecule has 0 aromatic carbocycles. The van der Waals surface area contributed by atoms with E-state index in [-0.39, 0.29) is 30.7 Å². The van der Waals surface area contributed by atoms with Crippen LogP contribution in [0.25, 0.3) is 0 Å². The number of hydrogen-bond acceptors (Lipinski definition) is 4. The smallest absolute Gasteiger partial charge is 0.253 e. The van der Waals surface area contributed by atoms with Crippen molar-refractivity contribution in [3.05, 3.63) is 34.2 Å². The van der Waals surface area contributed by atoms with Crippen LogP contribution in [0.1, 0.15) is 18.9 Å². The fourth-order valence-corrected chi connectivity index (χ4v) is 2.87. The first-order valence-electron chi connectivity index (χ1n) is 7.85. The van der Waals surface area contributed by atoms with E-state index in [2.05, 4.69) is 11.8 Å². The van der Waals surface area contributed by atoms with Gasteiger partial charge in [-0.05, 0) is 19.4 Å². The van der Waals surface area contributed by atoms with Gasteiger partial charge >= 0.3 is 0 Å². The minimum absolute atomic E-state index is 0.0237. The third-order valence-corrected chi connectivity index (χ3v) is 4.38. The molecule has 0 saturated carbocycles. The van der Waals surface area contributed by atoms with Gasteiger partial charge in [-0.15, -0.1) is 0 Å². The van der Waals surface area contributed by atoms with Crippen molar-refractivity contribution in [2.24, 2.45) is 0 Å². The number of aromatic nitrogens is 1. The standard InChI is InChI=1S/C16H25N3O3/c1-3-14(12-20)17-7-9-18(10-8-17)15(21)11-19-6-4-5-13(2)16(19)22/h4-6,14,20H,3,7-12H2,1-2H3. The fraction of sp³-hybridized carbons (Fsp3) is 0.625. The van der Waals surface area contributed by atoms with Crippen LogP contribution in [-0.4, -0.2) is 64.2 Å². The molecule has 1 atom stereocenters. The minimum atomic E-state index is -0.110. The molecule has 122 valence electrons. The molecule has 1 N–H and O–H groups in total. The molecule has 22 heavy (non-hydrogen) atoms. The van der Waals surface area contributed by atoms with Gasteiger partial charge in [0.15, 0.2) is 0 Å². The number of hydrogen-bond donors (Lipinski definition) is 1. The zero-order chi connectivity index (χ0) is 16.1. The van der Waals surface area contributed by atoms with Crippen molar-refractivity contribution in [1.82, 2.24) is 14.4 Å². The average molecular weight is 307 g/mol. The summed E-state index contributed by atoms with van der Waals surface area (Å²) >= 11 is 0. The Morgan fingerprint density at radius 3 is 2.59 bits per heavy atom. The van der Waals surface area contributed by atoms with Crippen LogP contribution >= 0.6 is 0 Å². The Balaban J connectivity index is 1.93. The lowest BCUT2D eigenvalue weighted by atomic mass is 10.1. The molecular formula is C16H25N3O3. The summed E-state index contributed by atoms with van der Waals surface area (Å²) in [5.41, 5.74) is 0.537. The van der Waals surface area contributed by atoms with Crippen molar-refractivity contribution in [2.45, 2.75) is 32.9 Å². The van der Waals surface area contributed by atoms with Crippen molar-refractivity contribution in [3.63, 3.8) is 0 Å². The van der Waals surface area contributed by atoms with Gasteiger partial charge in [-0.2, -0.15) is 0 Å². The van der Waals surface area contributed by atoms with Gasteiger partial charge in [-0.25, -0.2) is 0 Å². The summed E-state index contributed by atoms with van der Waals surface area (Å²) in [5, 5.41) is 9.34.